The van der Waals surface area contributed by atoms with E-state index in [1.165, 1.54) is 22.4 Å². The van der Waals surface area contributed by atoms with Gasteiger partial charge in [0.15, 0.2) is 0 Å². The highest BCUT2D eigenvalue weighted by molar-refractivity contribution is 5.76. The summed E-state index contributed by atoms with van der Waals surface area (Å²) in [5.74, 6) is 0.251. The van der Waals surface area contributed by atoms with Gasteiger partial charge in [0.05, 0.1) is 0 Å². The minimum absolute atomic E-state index is 0.212. The van der Waals surface area contributed by atoms with Crippen molar-refractivity contribution in [2.24, 2.45) is 0 Å². The zero-order valence-electron chi connectivity index (χ0n) is 18.4. The van der Waals surface area contributed by atoms with Gasteiger partial charge in [0, 0.05) is 57.4 Å². The molecule has 0 N–H and O–H groups in total. The quantitative estimate of drug-likeness (QED) is 0.703. The normalized spacial score (nSPS) is 15.0. The van der Waals surface area contributed by atoms with Gasteiger partial charge < -0.3 is 9.80 Å². The smallest absolute Gasteiger partial charge is 0.224 e. The molecule has 4 heteroatoms. The first kappa shape index (κ1) is 21.4. The van der Waals surface area contributed by atoms with E-state index in [1.807, 2.05) is 23.1 Å². The Kier molecular flexibility index (Phi) is 7.32. The zero-order chi connectivity index (χ0) is 20.8. The Hall–Kier alpha value is -2.33. The van der Waals surface area contributed by atoms with Gasteiger partial charge in [-0.2, -0.15) is 0 Å². The Morgan fingerprint density at radius 3 is 2.31 bits per heavy atom. The number of hydrogen-bond acceptors (Lipinski definition) is 3. The van der Waals surface area contributed by atoms with E-state index in [4.69, 9.17) is 0 Å². The van der Waals surface area contributed by atoms with Crippen LogP contribution < -0.4 is 4.90 Å². The van der Waals surface area contributed by atoms with Crippen LogP contribution in [0.15, 0.2) is 48.5 Å². The molecule has 0 unspecified atom stereocenters. The van der Waals surface area contributed by atoms with Crippen LogP contribution >= 0.6 is 0 Å². The molecule has 0 bridgehead atoms. The summed E-state index contributed by atoms with van der Waals surface area (Å²) in [4.78, 5) is 19.8. The van der Waals surface area contributed by atoms with Crippen LogP contribution in [-0.2, 0) is 11.3 Å². The van der Waals surface area contributed by atoms with E-state index < -0.39 is 0 Å². The molecule has 1 aliphatic rings. The van der Waals surface area contributed by atoms with E-state index in [-0.39, 0.29) is 11.9 Å². The van der Waals surface area contributed by atoms with Crippen LogP contribution in [0.1, 0.15) is 37.0 Å². The lowest BCUT2D eigenvalue weighted by Crippen LogP contribution is -2.48. The van der Waals surface area contributed by atoms with Gasteiger partial charge in [-0.05, 0) is 50.5 Å². The van der Waals surface area contributed by atoms with Crippen LogP contribution in [-0.4, -0.2) is 54.5 Å². The minimum atomic E-state index is 0.212. The molecular weight excluding hydrogens is 358 g/mol. The summed E-state index contributed by atoms with van der Waals surface area (Å²) in [5.41, 5.74) is 5.28. The zero-order valence-corrected chi connectivity index (χ0v) is 18.4. The number of benzene rings is 2. The second kappa shape index (κ2) is 9.93. The number of carbonyl (C=O) groups excluding carboxylic acids is 1. The predicted octanol–water partition coefficient (Wildman–Crippen LogP) is 4.25. The van der Waals surface area contributed by atoms with Crippen molar-refractivity contribution in [1.29, 1.82) is 0 Å². The number of aryl methyl sites for hydroxylation is 1. The van der Waals surface area contributed by atoms with Crippen LogP contribution in [0.25, 0.3) is 0 Å². The maximum absolute atomic E-state index is 12.9. The number of rotatable bonds is 7. The highest BCUT2D eigenvalue weighted by Crippen LogP contribution is 2.24. The largest absolute Gasteiger partial charge is 0.369 e. The number of amides is 1. The highest BCUT2D eigenvalue weighted by Gasteiger charge is 2.22. The molecule has 0 aromatic heterocycles. The van der Waals surface area contributed by atoms with E-state index in [0.717, 1.165) is 32.7 Å². The average Bonchev–Trinajstić information content (AvgIpc) is 2.73. The van der Waals surface area contributed by atoms with E-state index in [1.54, 1.807) is 0 Å². The van der Waals surface area contributed by atoms with Gasteiger partial charge in [-0.1, -0.05) is 42.5 Å². The Morgan fingerprint density at radius 1 is 0.966 bits per heavy atom. The maximum Gasteiger partial charge on any atom is 0.224 e. The van der Waals surface area contributed by atoms with Crippen LogP contribution in [0, 0.1) is 13.8 Å². The summed E-state index contributed by atoms with van der Waals surface area (Å²) in [7, 11) is 0. The van der Waals surface area contributed by atoms with Gasteiger partial charge in [0.2, 0.25) is 5.91 Å². The van der Waals surface area contributed by atoms with Crippen molar-refractivity contribution in [2.75, 3.05) is 37.6 Å². The first-order chi connectivity index (χ1) is 14.0. The van der Waals surface area contributed by atoms with Crippen molar-refractivity contribution in [3.8, 4) is 0 Å². The molecule has 0 radical (unpaired) electrons. The fourth-order valence-electron chi connectivity index (χ4n) is 4.03. The van der Waals surface area contributed by atoms with Crippen LogP contribution in [0.5, 0.6) is 0 Å². The number of anilines is 1. The molecule has 0 spiro atoms. The van der Waals surface area contributed by atoms with Gasteiger partial charge in [-0.15, -0.1) is 0 Å². The summed E-state index contributed by atoms with van der Waals surface area (Å²) in [5, 5.41) is 0. The molecule has 1 aliphatic heterocycles. The molecule has 0 aliphatic carbocycles. The van der Waals surface area contributed by atoms with E-state index in [0.29, 0.717) is 13.0 Å². The lowest BCUT2D eigenvalue weighted by Gasteiger charge is -2.37. The lowest BCUT2D eigenvalue weighted by atomic mass is 10.1. The molecule has 2 aromatic rings. The Balaban J connectivity index is 1.50. The molecule has 0 saturated carbocycles. The lowest BCUT2D eigenvalue weighted by molar-refractivity contribution is -0.133. The summed E-state index contributed by atoms with van der Waals surface area (Å²) in [6.45, 7) is 14.2. The monoisotopic (exact) mass is 393 g/mol. The van der Waals surface area contributed by atoms with Crippen molar-refractivity contribution in [3.05, 3.63) is 65.2 Å². The third-order valence-electron chi connectivity index (χ3n) is 6.07. The van der Waals surface area contributed by atoms with Crippen molar-refractivity contribution >= 4 is 11.6 Å². The summed E-state index contributed by atoms with van der Waals surface area (Å²) in [6, 6.07) is 17.0. The topological polar surface area (TPSA) is 26.8 Å². The van der Waals surface area contributed by atoms with Gasteiger partial charge in [0.25, 0.3) is 0 Å². The van der Waals surface area contributed by atoms with Crippen molar-refractivity contribution in [2.45, 2.75) is 46.7 Å². The van der Waals surface area contributed by atoms with Crippen LogP contribution in [0.2, 0.25) is 0 Å². The molecule has 0 atom stereocenters. The fourth-order valence-corrected chi connectivity index (χ4v) is 4.03. The molecule has 1 fully saturated rings. The molecule has 1 heterocycles. The van der Waals surface area contributed by atoms with Gasteiger partial charge >= 0.3 is 0 Å². The van der Waals surface area contributed by atoms with E-state index in [2.05, 4.69) is 67.8 Å². The molecule has 29 heavy (non-hydrogen) atoms. The fraction of sp³-hybridized carbons (Fsp3) is 0.480. The summed E-state index contributed by atoms with van der Waals surface area (Å²) < 4.78 is 0. The van der Waals surface area contributed by atoms with Crippen LogP contribution in [0.3, 0.4) is 0 Å². The van der Waals surface area contributed by atoms with Gasteiger partial charge in [0.1, 0.15) is 0 Å². The average molecular weight is 394 g/mol. The maximum atomic E-state index is 12.9. The summed E-state index contributed by atoms with van der Waals surface area (Å²) >= 11 is 0. The third-order valence-corrected chi connectivity index (χ3v) is 6.07. The first-order valence-corrected chi connectivity index (χ1v) is 10.8. The molecule has 1 saturated heterocycles. The molecule has 2 aromatic carbocycles. The number of carbonyl (C=O) groups is 1. The number of hydrogen-bond donors (Lipinski definition) is 0. The Morgan fingerprint density at radius 2 is 1.66 bits per heavy atom. The van der Waals surface area contributed by atoms with E-state index in [9.17, 15) is 4.79 Å². The van der Waals surface area contributed by atoms with Gasteiger partial charge in [-0.25, -0.2) is 0 Å². The number of nitrogens with zero attached hydrogens (tertiary/aromatic N) is 3. The summed E-state index contributed by atoms with van der Waals surface area (Å²) in [6.07, 6.45) is 0.592. The van der Waals surface area contributed by atoms with Crippen molar-refractivity contribution in [3.63, 3.8) is 0 Å². The molecule has 1 amide bonds. The highest BCUT2D eigenvalue weighted by atomic mass is 16.2. The molecular formula is C25H35N3O. The second-order valence-electron chi connectivity index (χ2n) is 8.40. The molecule has 156 valence electrons. The Labute approximate surface area is 176 Å². The molecule has 4 nitrogen and oxygen atoms in total. The van der Waals surface area contributed by atoms with E-state index >= 15 is 0 Å². The number of piperazine rings is 1. The third kappa shape index (κ3) is 5.60. The Bertz CT molecular complexity index is 795. The van der Waals surface area contributed by atoms with Gasteiger partial charge in [-0.3, -0.25) is 9.69 Å². The predicted molar refractivity (Wildman–Crippen MR) is 121 cm³/mol. The SMILES string of the molecule is Cc1cccc(N2CCN(CCC(=O)N(Cc3ccccc3)C(C)C)CC2)c1C. The van der Waals surface area contributed by atoms with Crippen molar-refractivity contribution in [1.82, 2.24) is 9.80 Å². The van der Waals surface area contributed by atoms with Crippen molar-refractivity contribution < 1.29 is 4.79 Å². The minimum Gasteiger partial charge on any atom is -0.369 e. The second-order valence-corrected chi connectivity index (χ2v) is 8.40. The first-order valence-electron chi connectivity index (χ1n) is 10.8. The standard InChI is InChI=1S/C25H35N3O/c1-20(2)28(19-23-10-6-5-7-11-23)25(29)13-14-26-15-17-27(18-16-26)24-12-8-9-21(3)22(24)4/h5-12,20H,13-19H2,1-4H3. The van der Waals surface area contributed by atoms with Crippen LogP contribution in [0.4, 0.5) is 5.69 Å². The molecule has 3 rings (SSSR count).